The van der Waals surface area contributed by atoms with E-state index in [4.69, 9.17) is 4.74 Å². The molecule has 28 heavy (non-hydrogen) atoms. The van der Waals surface area contributed by atoms with Crippen LogP contribution in [0, 0.1) is 0 Å². The summed E-state index contributed by atoms with van der Waals surface area (Å²) in [6.45, 7) is 2.97. The average molecular weight is 428 g/mol. The molecule has 1 aliphatic rings. The zero-order valence-corrected chi connectivity index (χ0v) is 17.6. The zero-order chi connectivity index (χ0) is 19.5. The molecule has 0 saturated carbocycles. The van der Waals surface area contributed by atoms with Gasteiger partial charge in [0.25, 0.3) is 0 Å². The van der Waals surface area contributed by atoms with Crippen molar-refractivity contribution in [3.8, 4) is 0 Å². The third-order valence-corrected chi connectivity index (χ3v) is 6.30. The van der Waals surface area contributed by atoms with Crippen LogP contribution in [0.2, 0.25) is 0 Å². The number of hydrogen-bond donors (Lipinski definition) is 3. The molecule has 0 aliphatic carbocycles. The van der Waals surface area contributed by atoms with Crippen LogP contribution < -0.4 is 15.4 Å². The summed E-state index contributed by atoms with van der Waals surface area (Å²) in [5, 5.41) is 7.36. The number of rotatable bonds is 7. The SMILES string of the molecule is COCC1(CNS(=O)(=O)c2ccc(NC(C)=O)c3ccccc23)CCCN1.Cl. The second kappa shape index (κ2) is 9.19. The number of carbonyl (C=O) groups is 1. The van der Waals surface area contributed by atoms with Crippen molar-refractivity contribution in [3.05, 3.63) is 36.4 Å². The van der Waals surface area contributed by atoms with E-state index in [0.717, 1.165) is 19.4 Å². The van der Waals surface area contributed by atoms with E-state index in [-0.39, 0.29) is 35.3 Å². The Morgan fingerprint density at radius 3 is 2.54 bits per heavy atom. The lowest BCUT2D eigenvalue weighted by Gasteiger charge is -2.29. The van der Waals surface area contributed by atoms with E-state index >= 15 is 0 Å². The molecule has 3 rings (SSSR count). The lowest BCUT2D eigenvalue weighted by molar-refractivity contribution is -0.114. The third-order valence-electron chi connectivity index (χ3n) is 4.84. The van der Waals surface area contributed by atoms with Crippen LogP contribution in [0.15, 0.2) is 41.3 Å². The highest BCUT2D eigenvalue weighted by molar-refractivity contribution is 7.89. The first-order chi connectivity index (χ1) is 12.9. The standard InChI is InChI=1S/C19H25N3O4S.ClH/c1-14(23)22-17-8-9-18(16-7-4-3-6-15(16)17)27(24,25)21-12-19(13-26-2)10-5-11-20-19;/h3-4,6-9,20-21H,5,10-13H2,1-2H3,(H,22,23);1H. The molecule has 1 fully saturated rings. The number of hydrogen-bond acceptors (Lipinski definition) is 5. The minimum absolute atomic E-state index is 0. The molecule has 3 N–H and O–H groups in total. The molecule has 9 heteroatoms. The highest BCUT2D eigenvalue weighted by Gasteiger charge is 2.35. The summed E-state index contributed by atoms with van der Waals surface area (Å²) in [4.78, 5) is 11.6. The molecule has 0 spiro atoms. The first-order valence-electron chi connectivity index (χ1n) is 8.90. The lowest BCUT2D eigenvalue weighted by Crippen LogP contribution is -2.52. The highest BCUT2D eigenvalue weighted by Crippen LogP contribution is 2.30. The summed E-state index contributed by atoms with van der Waals surface area (Å²) in [6.07, 6.45) is 1.84. The van der Waals surface area contributed by atoms with Crippen LogP contribution in [0.1, 0.15) is 19.8 Å². The quantitative estimate of drug-likeness (QED) is 0.629. The Bertz CT molecular complexity index is 943. The monoisotopic (exact) mass is 427 g/mol. The van der Waals surface area contributed by atoms with Gasteiger partial charge >= 0.3 is 0 Å². The Morgan fingerprint density at radius 2 is 1.93 bits per heavy atom. The average Bonchev–Trinajstić information content (AvgIpc) is 3.09. The molecule has 1 atom stereocenters. The fourth-order valence-corrected chi connectivity index (χ4v) is 4.92. The Hall–Kier alpha value is -1.71. The molecule has 1 saturated heterocycles. The van der Waals surface area contributed by atoms with E-state index in [0.29, 0.717) is 23.1 Å². The number of sulfonamides is 1. The largest absolute Gasteiger partial charge is 0.383 e. The number of amides is 1. The third kappa shape index (κ3) is 4.82. The zero-order valence-electron chi connectivity index (χ0n) is 15.9. The van der Waals surface area contributed by atoms with Gasteiger partial charge in [-0.15, -0.1) is 12.4 Å². The Kier molecular flexibility index (Phi) is 7.41. The normalized spacial score (nSPS) is 19.4. The first kappa shape index (κ1) is 22.6. The summed E-state index contributed by atoms with van der Waals surface area (Å²) in [5.74, 6) is -0.206. The van der Waals surface area contributed by atoms with Crippen molar-refractivity contribution in [2.24, 2.45) is 0 Å². The minimum atomic E-state index is -3.73. The van der Waals surface area contributed by atoms with Crippen LogP contribution in [0.4, 0.5) is 5.69 Å². The van der Waals surface area contributed by atoms with Crippen molar-refractivity contribution in [2.75, 3.05) is 32.1 Å². The predicted octanol–water partition coefficient (Wildman–Crippen LogP) is 2.27. The fourth-order valence-electron chi connectivity index (χ4n) is 3.59. The van der Waals surface area contributed by atoms with Gasteiger partial charge in [0.2, 0.25) is 15.9 Å². The predicted molar refractivity (Wildman–Crippen MR) is 113 cm³/mol. The summed E-state index contributed by atoms with van der Waals surface area (Å²) in [7, 11) is -2.12. The van der Waals surface area contributed by atoms with E-state index in [9.17, 15) is 13.2 Å². The van der Waals surface area contributed by atoms with E-state index in [1.54, 1.807) is 31.4 Å². The molecule has 1 heterocycles. The maximum atomic E-state index is 13.0. The molecule has 154 valence electrons. The Balaban J connectivity index is 0.00000280. The van der Waals surface area contributed by atoms with E-state index in [1.165, 1.54) is 13.0 Å². The van der Waals surface area contributed by atoms with Gasteiger partial charge in [0.15, 0.2) is 0 Å². The van der Waals surface area contributed by atoms with Crippen LogP contribution in [-0.4, -0.2) is 46.7 Å². The summed E-state index contributed by atoms with van der Waals surface area (Å²) in [5.41, 5.74) is 0.207. The van der Waals surface area contributed by atoms with Crippen molar-refractivity contribution < 1.29 is 17.9 Å². The first-order valence-corrected chi connectivity index (χ1v) is 10.4. The van der Waals surface area contributed by atoms with Crippen molar-refractivity contribution >= 4 is 44.8 Å². The summed E-state index contributed by atoms with van der Waals surface area (Å²) in [6, 6.07) is 10.3. The van der Waals surface area contributed by atoms with Crippen molar-refractivity contribution in [1.29, 1.82) is 0 Å². The minimum Gasteiger partial charge on any atom is -0.383 e. The molecule has 2 aromatic carbocycles. The van der Waals surface area contributed by atoms with Crippen LogP contribution in [0.5, 0.6) is 0 Å². The molecule has 0 aromatic heterocycles. The fraction of sp³-hybridized carbons (Fsp3) is 0.421. The maximum Gasteiger partial charge on any atom is 0.241 e. The number of carbonyl (C=O) groups excluding carboxylic acids is 1. The molecule has 0 radical (unpaired) electrons. The Morgan fingerprint density at radius 1 is 1.21 bits per heavy atom. The van der Waals surface area contributed by atoms with Crippen LogP contribution in [0.25, 0.3) is 10.8 Å². The summed E-state index contributed by atoms with van der Waals surface area (Å²) >= 11 is 0. The molecular formula is C19H26ClN3O4S. The van der Waals surface area contributed by atoms with E-state index < -0.39 is 10.0 Å². The number of nitrogens with one attached hydrogen (secondary N) is 3. The van der Waals surface area contributed by atoms with E-state index in [2.05, 4.69) is 15.4 Å². The van der Waals surface area contributed by atoms with E-state index in [1.807, 2.05) is 6.07 Å². The van der Waals surface area contributed by atoms with Gasteiger partial charge in [-0.25, -0.2) is 13.1 Å². The van der Waals surface area contributed by atoms with Crippen LogP contribution in [0.3, 0.4) is 0 Å². The van der Waals surface area contributed by atoms with Crippen LogP contribution in [-0.2, 0) is 19.6 Å². The number of fused-ring (bicyclic) bond motifs is 1. The molecule has 1 aliphatic heterocycles. The van der Waals surface area contributed by atoms with Gasteiger partial charge in [0, 0.05) is 37.0 Å². The Labute approximate surface area is 171 Å². The molecule has 1 unspecified atom stereocenters. The molecule has 2 aromatic rings. The molecule has 0 bridgehead atoms. The van der Waals surface area contributed by atoms with Gasteiger partial charge in [0.1, 0.15) is 0 Å². The van der Waals surface area contributed by atoms with Gasteiger partial charge in [-0.05, 0) is 31.5 Å². The number of anilines is 1. The number of methoxy groups -OCH3 is 1. The van der Waals surface area contributed by atoms with Crippen molar-refractivity contribution in [3.63, 3.8) is 0 Å². The van der Waals surface area contributed by atoms with Crippen molar-refractivity contribution in [1.82, 2.24) is 10.0 Å². The van der Waals surface area contributed by atoms with Crippen molar-refractivity contribution in [2.45, 2.75) is 30.2 Å². The number of benzene rings is 2. The highest BCUT2D eigenvalue weighted by atomic mass is 35.5. The smallest absolute Gasteiger partial charge is 0.241 e. The maximum absolute atomic E-state index is 13.0. The van der Waals surface area contributed by atoms with Gasteiger partial charge in [-0.2, -0.15) is 0 Å². The summed E-state index contributed by atoms with van der Waals surface area (Å²) < 4.78 is 34.1. The second-order valence-electron chi connectivity index (χ2n) is 6.91. The number of halogens is 1. The van der Waals surface area contributed by atoms with Crippen LogP contribution >= 0.6 is 12.4 Å². The van der Waals surface area contributed by atoms with Gasteiger partial charge in [-0.3, -0.25) is 4.79 Å². The second-order valence-corrected chi connectivity index (χ2v) is 8.64. The molecule has 7 nitrogen and oxygen atoms in total. The molecule has 1 amide bonds. The van der Waals surface area contributed by atoms with Gasteiger partial charge in [0.05, 0.1) is 17.0 Å². The molecular weight excluding hydrogens is 402 g/mol. The van der Waals surface area contributed by atoms with Gasteiger partial charge in [-0.1, -0.05) is 24.3 Å². The number of ether oxygens (including phenoxy) is 1. The lowest BCUT2D eigenvalue weighted by atomic mass is 9.99. The van der Waals surface area contributed by atoms with Gasteiger partial charge < -0.3 is 15.4 Å². The topological polar surface area (TPSA) is 96.5 Å².